The molecule has 1 aromatic carbocycles. The number of carbonyl (C=O) groups is 1. The smallest absolute Gasteiger partial charge is 0.279 e. The second-order valence-electron chi connectivity index (χ2n) is 4.46. The number of hydrazine groups is 1. The molecule has 21 heavy (non-hydrogen) atoms. The van der Waals surface area contributed by atoms with E-state index in [2.05, 4.69) is 5.43 Å². The Morgan fingerprint density at radius 3 is 2.57 bits per heavy atom. The van der Waals surface area contributed by atoms with Crippen LogP contribution in [0.4, 0.5) is 0 Å². The maximum Gasteiger partial charge on any atom is 0.279 e. The number of benzene rings is 1. The summed E-state index contributed by atoms with van der Waals surface area (Å²) >= 11 is 1.35. The number of hydrogen-bond donors (Lipinski definition) is 1. The molecule has 0 fully saturated rings. The van der Waals surface area contributed by atoms with Gasteiger partial charge in [0.05, 0.1) is 0 Å². The summed E-state index contributed by atoms with van der Waals surface area (Å²) in [5, 5.41) is 3.43. The number of nitrogens with one attached hydrogen (secondary N) is 1. The molecule has 0 unspecified atom stereocenters. The van der Waals surface area contributed by atoms with Gasteiger partial charge in [0.25, 0.3) is 5.91 Å². The first-order chi connectivity index (χ1) is 10.2. The summed E-state index contributed by atoms with van der Waals surface area (Å²) in [6.45, 7) is 0.808. The number of amides is 1. The molecule has 1 amide bonds. The van der Waals surface area contributed by atoms with Gasteiger partial charge in [-0.2, -0.15) is 0 Å². The van der Waals surface area contributed by atoms with E-state index in [9.17, 15) is 4.79 Å². The zero-order valence-corrected chi connectivity index (χ0v) is 12.9. The SMILES string of the molecule is CN(C)NC(=O)c1sccc1OCCOc1ccccc1. The van der Waals surface area contributed by atoms with E-state index < -0.39 is 0 Å². The van der Waals surface area contributed by atoms with E-state index in [1.54, 1.807) is 25.2 Å². The summed E-state index contributed by atoms with van der Waals surface area (Å²) in [5.41, 5.74) is 2.70. The maximum atomic E-state index is 11.9. The molecule has 2 aromatic rings. The van der Waals surface area contributed by atoms with E-state index >= 15 is 0 Å². The minimum atomic E-state index is -0.172. The molecule has 0 radical (unpaired) electrons. The van der Waals surface area contributed by atoms with Crippen LogP contribution in [0.5, 0.6) is 11.5 Å². The zero-order valence-electron chi connectivity index (χ0n) is 12.0. The monoisotopic (exact) mass is 306 g/mol. The zero-order chi connectivity index (χ0) is 15.1. The van der Waals surface area contributed by atoms with E-state index in [0.29, 0.717) is 23.8 Å². The Balaban J connectivity index is 1.81. The van der Waals surface area contributed by atoms with Crippen molar-refractivity contribution in [2.24, 2.45) is 0 Å². The first-order valence-electron chi connectivity index (χ1n) is 6.53. The molecule has 6 heteroatoms. The highest BCUT2D eigenvalue weighted by atomic mass is 32.1. The van der Waals surface area contributed by atoms with Crippen LogP contribution in [0, 0.1) is 0 Å². The molecule has 1 aromatic heterocycles. The van der Waals surface area contributed by atoms with Gasteiger partial charge >= 0.3 is 0 Å². The van der Waals surface area contributed by atoms with Crippen molar-refractivity contribution < 1.29 is 14.3 Å². The quantitative estimate of drug-likeness (QED) is 0.630. The van der Waals surface area contributed by atoms with Crippen molar-refractivity contribution in [2.75, 3.05) is 27.3 Å². The van der Waals surface area contributed by atoms with Gasteiger partial charge in [0.2, 0.25) is 0 Å². The van der Waals surface area contributed by atoms with Crippen molar-refractivity contribution in [1.82, 2.24) is 10.4 Å². The fourth-order valence-corrected chi connectivity index (χ4v) is 2.38. The third-order valence-electron chi connectivity index (χ3n) is 2.51. The van der Waals surface area contributed by atoms with Gasteiger partial charge in [-0.25, -0.2) is 5.01 Å². The minimum absolute atomic E-state index is 0.172. The van der Waals surface area contributed by atoms with Crippen LogP contribution in [-0.4, -0.2) is 38.2 Å². The van der Waals surface area contributed by atoms with Crippen molar-refractivity contribution in [2.45, 2.75) is 0 Å². The lowest BCUT2D eigenvalue weighted by Crippen LogP contribution is -2.35. The Morgan fingerprint density at radius 1 is 1.14 bits per heavy atom. The summed E-state index contributed by atoms with van der Waals surface area (Å²) in [7, 11) is 3.53. The first kappa shape index (κ1) is 15.3. The lowest BCUT2D eigenvalue weighted by Gasteiger charge is -2.12. The summed E-state index contributed by atoms with van der Waals surface area (Å²) in [5.74, 6) is 1.21. The van der Waals surface area contributed by atoms with Crippen molar-refractivity contribution in [1.29, 1.82) is 0 Å². The molecule has 0 aliphatic rings. The molecule has 2 rings (SSSR count). The number of hydrogen-bond acceptors (Lipinski definition) is 5. The van der Waals surface area contributed by atoms with Gasteiger partial charge in [0.15, 0.2) is 0 Å². The van der Waals surface area contributed by atoms with Crippen molar-refractivity contribution >= 4 is 17.2 Å². The van der Waals surface area contributed by atoms with Crippen LogP contribution in [0.15, 0.2) is 41.8 Å². The summed E-state index contributed by atoms with van der Waals surface area (Å²) in [6.07, 6.45) is 0. The van der Waals surface area contributed by atoms with Crippen LogP contribution in [0.2, 0.25) is 0 Å². The van der Waals surface area contributed by atoms with Crippen molar-refractivity contribution in [3.63, 3.8) is 0 Å². The predicted octanol–water partition coefficient (Wildman–Crippen LogP) is 2.41. The highest BCUT2D eigenvalue weighted by Crippen LogP contribution is 2.24. The molecular formula is C15H18N2O3S. The third kappa shape index (κ3) is 4.77. The lowest BCUT2D eigenvalue weighted by molar-refractivity contribution is 0.0856. The standard InChI is InChI=1S/C15H18N2O3S/c1-17(2)16-15(18)14-13(8-11-21-14)20-10-9-19-12-6-4-3-5-7-12/h3-8,11H,9-10H2,1-2H3,(H,16,18). The molecule has 112 valence electrons. The average molecular weight is 306 g/mol. The normalized spacial score (nSPS) is 10.4. The van der Waals surface area contributed by atoms with Crippen molar-refractivity contribution in [3.8, 4) is 11.5 Å². The largest absolute Gasteiger partial charge is 0.490 e. The van der Waals surface area contributed by atoms with E-state index in [-0.39, 0.29) is 5.91 Å². The first-order valence-corrected chi connectivity index (χ1v) is 7.41. The van der Waals surface area contributed by atoms with E-state index in [1.165, 1.54) is 11.3 Å². The Labute approximate surface area is 128 Å². The minimum Gasteiger partial charge on any atom is -0.490 e. The maximum absolute atomic E-state index is 11.9. The van der Waals surface area contributed by atoms with Crippen molar-refractivity contribution in [3.05, 3.63) is 46.7 Å². The molecule has 0 saturated heterocycles. The number of para-hydroxylation sites is 1. The second-order valence-corrected chi connectivity index (χ2v) is 5.38. The third-order valence-corrected chi connectivity index (χ3v) is 3.41. The molecule has 0 aliphatic carbocycles. The predicted molar refractivity (Wildman–Crippen MR) is 82.9 cm³/mol. The van der Waals surface area contributed by atoms with Crippen LogP contribution in [-0.2, 0) is 0 Å². The van der Waals surface area contributed by atoms with Crippen LogP contribution in [0.1, 0.15) is 9.67 Å². The number of rotatable bonds is 7. The Morgan fingerprint density at radius 2 is 1.86 bits per heavy atom. The number of ether oxygens (including phenoxy) is 2. The summed E-state index contributed by atoms with van der Waals surface area (Å²) < 4.78 is 11.1. The second kappa shape index (κ2) is 7.66. The Kier molecular flexibility index (Phi) is 5.59. The molecule has 0 aliphatic heterocycles. The highest BCUT2D eigenvalue weighted by Gasteiger charge is 2.14. The van der Waals surface area contributed by atoms with Crippen LogP contribution < -0.4 is 14.9 Å². The average Bonchev–Trinajstić information content (AvgIpc) is 2.92. The van der Waals surface area contributed by atoms with E-state index in [0.717, 1.165) is 5.75 Å². The van der Waals surface area contributed by atoms with Gasteiger partial charge in [-0.1, -0.05) is 18.2 Å². The van der Waals surface area contributed by atoms with Gasteiger partial charge in [0, 0.05) is 14.1 Å². The van der Waals surface area contributed by atoms with E-state index in [1.807, 2.05) is 35.7 Å². The molecule has 1 N–H and O–H groups in total. The molecule has 0 atom stereocenters. The molecular weight excluding hydrogens is 288 g/mol. The number of thiophene rings is 1. The van der Waals surface area contributed by atoms with Gasteiger partial charge in [-0.15, -0.1) is 11.3 Å². The number of nitrogens with zero attached hydrogens (tertiary/aromatic N) is 1. The molecule has 0 bridgehead atoms. The topological polar surface area (TPSA) is 50.8 Å². The highest BCUT2D eigenvalue weighted by molar-refractivity contribution is 7.12. The summed E-state index contributed by atoms with van der Waals surface area (Å²) in [6, 6.07) is 11.3. The molecule has 5 nitrogen and oxygen atoms in total. The van der Waals surface area contributed by atoms with Gasteiger partial charge in [-0.05, 0) is 23.6 Å². The van der Waals surface area contributed by atoms with Gasteiger partial charge in [-0.3, -0.25) is 10.2 Å². The summed E-state index contributed by atoms with van der Waals surface area (Å²) in [4.78, 5) is 12.5. The Bertz CT molecular complexity index is 569. The molecule has 0 saturated carbocycles. The number of carbonyl (C=O) groups excluding carboxylic acids is 1. The van der Waals surface area contributed by atoms with Crippen LogP contribution >= 0.6 is 11.3 Å². The molecule has 0 spiro atoms. The lowest BCUT2D eigenvalue weighted by atomic mass is 10.3. The van der Waals surface area contributed by atoms with Crippen LogP contribution in [0.25, 0.3) is 0 Å². The Hall–Kier alpha value is -2.05. The fourth-order valence-electron chi connectivity index (χ4n) is 1.66. The van der Waals surface area contributed by atoms with Gasteiger partial charge < -0.3 is 9.47 Å². The van der Waals surface area contributed by atoms with Gasteiger partial charge in [0.1, 0.15) is 29.6 Å². The van der Waals surface area contributed by atoms with E-state index in [4.69, 9.17) is 9.47 Å². The molecule has 1 heterocycles. The fraction of sp³-hybridized carbons (Fsp3) is 0.267. The van der Waals surface area contributed by atoms with Crippen LogP contribution in [0.3, 0.4) is 0 Å².